The Bertz CT molecular complexity index is 775. The molecule has 0 saturated carbocycles. The van der Waals surface area contributed by atoms with E-state index in [9.17, 15) is 9.90 Å². The summed E-state index contributed by atoms with van der Waals surface area (Å²) < 4.78 is 0. The fourth-order valence-corrected chi connectivity index (χ4v) is 4.14. The maximum atomic E-state index is 11.3. The standard InChI is InChI=1S/C16H17ClN4O2/c17-11-2-3-12(19-13(11)15(22)23)21-7-1-5-16(9-21)6-4-10-8-18-20-14(10)16/h2-3,8H,1,4-7,9H2,(H,18,20)(H,22,23). The zero-order chi connectivity index (χ0) is 16.0. The summed E-state index contributed by atoms with van der Waals surface area (Å²) in [4.78, 5) is 17.7. The number of halogens is 1. The number of carbonyl (C=O) groups is 1. The van der Waals surface area contributed by atoms with Crippen LogP contribution in [-0.4, -0.2) is 39.3 Å². The Labute approximate surface area is 138 Å². The van der Waals surface area contributed by atoms with Crippen molar-refractivity contribution in [3.8, 4) is 0 Å². The van der Waals surface area contributed by atoms with Gasteiger partial charge in [-0.3, -0.25) is 5.10 Å². The highest BCUT2D eigenvalue weighted by molar-refractivity contribution is 6.33. The molecule has 4 rings (SSSR count). The first-order valence-corrected chi connectivity index (χ1v) is 8.14. The molecule has 1 saturated heterocycles. The largest absolute Gasteiger partial charge is 0.476 e. The summed E-state index contributed by atoms with van der Waals surface area (Å²) in [7, 11) is 0. The van der Waals surface area contributed by atoms with E-state index in [0.29, 0.717) is 5.82 Å². The van der Waals surface area contributed by atoms with Crippen molar-refractivity contribution in [1.29, 1.82) is 0 Å². The summed E-state index contributed by atoms with van der Waals surface area (Å²) >= 11 is 5.93. The molecule has 1 unspecified atom stereocenters. The van der Waals surface area contributed by atoms with Crippen LogP contribution in [0, 0.1) is 0 Å². The van der Waals surface area contributed by atoms with Crippen LogP contribution >= 0.6 is 11.6 Å². The van der Waals surface area contributed by atoms with Gasteiger partial charge >= 0.3 is 5.97 Å². The van der Waals surface area contributed by atoms with Gasteiger partial charge in [0.15, 0.2) is 5.69 Å². The zero-order valence-electron chi connectivity index (χ0n) is 12.5. The fourth-order valence-electron chi connectivity index (χ4n) is 3.95. The molecule has 0 amide bonds. The van der Waals surface area contributed by atoms with Gasteiger partial charge in [-0.25, -0.2) is 9.78 Å². The van der Waals surface area contributed by atoms with Gasteiger partial charge in [0.25, 0.3) is 0 Å². The van der Waals surface area contributed by atoms with Gasteiger partial charge in [0.2, 0.25) is 0 Å². The lowest BCUT2D eigenvalue weighted by molar-refractivity contribution is 0.0691. The second-order valence-corrected chi connectivity index (χ2v) is 6.79. The van der Waals surface area contributed by atoms with Crippen molar-refractivity contribution in [2.75, 3.05) is 18.0 Å². The molecule has 1 aliphatic carbocycles. The molecule has 1 spiro atoms. The number of carboxylic acid groups (broad SMARTS) is 1. The van der Waals surface area contributed by atoms with Gasteiger partial charge in [0.05, 0.1) is 11.2 Å². The molecule has 7 heteroatoms. The summed E-state index contributed by atoms with van der Waals surface area (Å²) in [6.45, 7) is 1.70. The second-order valence-electron chi connectivity index (χ2n) is 6.38. The lowest BCUT2D eigenvalue weighted by Crippen LogP contribution is -2.45. The molecule has 1 fully saturated rings. The van der Waals surface area contributed by atoms with Crippen molar-refractivity contribution in [3.05, 3.63) is 40.3 Å². The number of aryl methyl sites for hydroxylation is 1. The number of fused-ring (bicyclic) bond motifs is 2. The van der Waals surface area contributed by atoms with Crippen molar-refractivity contribution in [2.45, 2.75) is 31.1 Å². The number of aromatic carboxylic acids is 1. The predicted octanol–water partition coefficient (Wildman–Crippen LogP) is 2.64. The summed E-state index contributed by atoms with van der Waals surface area (Å²) in [6.07, 6.45) is 6.25. The van der Waals surface area contributed by atoms with Gasteiger partial charge in [-0.1, -0.05) is 11.6 Å². The molecule has 0 aromatic carbocycles. The van der Waals surface area contributed by atoms with E-state index < -0.39 is 5.97 Å². The highest BCUT2D eigenvalue weighted by Crippen LogP contribution is 2.44. The van der Waals surface area contributed by atoms with E-state index in [4.69, 9.17) is 11.6 Å². The van der Waals surface area contributed by atoms with Gasteiger partial charge in [-0.15, -0.1) is 0 Å². The van der Waals surface area contributed by atoms with Crippen LogP contribution in [0.2, 0.25) is 5.02 Å². The molecule has 2 aliphatic rings. The van der Waals surface area contributed by atoms with Crippen molar-refractivity contribution in [3.63, 3.8) is 0 Å². The SMILES string of the molecule is O=C(O)c1nc(N2CCCC3(CCc4cn[nH]c43)C2)ccc1Cl. The van der Waals surface area contributed by atoms with Crippen LogP contribution in [-0.2, 0) is 11.8 Å². The molecule has 0 bridgehead atoms. The maximum Gasteiger partial charge on any atom is 0.356 e. The first kappa shape index (κ1) is 14.5. The number of piperidine rings is 1. The normalized spacial score (nSPS) is 23.3. The average Bonchev–Trinajstić information content (AvgIpc) is 3.13. The Hall–Kier alpha value is -2.08. The Morgan fingerprint density at radius 1 is 1.39 bits per heavy atom. The molecule has 1 aliphatic heterocycles. The van der Waals surface area contributed by atoms with Crippen molar-refractivity contribution in [2.24, 2.45) is 0 Å². The third-order valence-corrected chi connectivity index (χ3v) is 5.36. The van der Waals surface area contributed by atoms with Crippen LogP contribution in [0.15, 0.2) is 18.3 Å². The average molecular weight is 333 g/mol. The van der Waals surface area contributed by atoms with Crippen LogP contribution in [0.4, 0.5) is 5.82 Å². The number of hydrogen-bond acceptors (Lipinski definition) is 4. The number of nitrogens with zero attached hydrogens (tertiary/aromatic N) is 3. The molecule has 6 nitrogen and oxygen atoms in total. The van der Waals surface area contributed by atoms with Gasteiger partial charge in [-0.2, -0.15) is 5.10 Å². The topological polar surface area (TPSA) is 82.1 Å². The number of aromatic nitrogens is 3. The van der Waals surface area contributed by atoms with E-state index >= 15 is 0 Å². The number of hydrogen-bond donors (Lipinski definition) is 2. The summed E-state index contributed by atoms with van der Waals surface area (Å²) in [5, 5.41) is 16.8. The van der Waals surface area contributed by atoms with Gasteiger partial charge in [0, 0.05) is 24.2 Å². The van der Waals surface area contributed by atoms with Crippen LogP contribution in [0.1, 0.15) is 41.0 Å². The number of rotatable bonds is 2. The summed E-state index contributed by atoms with van der Waals surface area (Å²) in [5.41, 5.74) is 2.55. The third-order valence-electron chi connectivity index (χ3n) is 5.06. The van der Waals surface area contributed by atoms with Gasteiger partial charge < -0.3 is 10.0 Å². The molecule has 120 valence electrons. The first-order chi connectivity index (χ1) is 11.1. The Balaban J connectivity index is 1.66. The number of carboxylic acids is 1. The molecule has 1 atom stereocenters. The van der Waals surface area contributed by atoms with E-state index in [-0.39, 0.29) is 16.1 Å². The molecule has 3 heterocycles. The molecule has 2 aromatic rings. The third kappa shape index (κ3) is 2.28. The quantitative estimate of drug-likeness (QED) is 0.883. The Morgan fingerprint density at radius 2 is 2.26 bits per heavy atom. The molecular weight excluding hydrogens is 316 g/mol. The molecule has 23 heavy (non-hydrogen) atoms. The van der Waals surface area contributed by atoms with E-state index in [1.807, 2.05) is 6.20 Å². The minimum atomic E-state index is -1.10. The number of aromatic amines is 1. The monoisotopic (exact) mass is 332 g/mol. The number of anilines is 1. The zero-order valence-corrected chi connectivity index (χ0v) is 13.3. The second kappa shape index (κ2) is 5.23. The van der Waals surface area contributed by atoms with E-state index in [2.05, 4.69) is 20.1 Å². The van der Waals surface area contributed by atoms with Crippen LogP contribution in [0.25, 0.3) is 0 Å². The first-order valence-electron chi connectivity index (χ1n) is 7.77. The Morgan fingerprint density at radius 3 is 3.09 bits per heavy atom. The van der Waals surface area contributed by atoms with Crippen LogP contribution < -0.4 is 4.90 Å². The summed E-state index contributed by atoms with van der Waals surface area (Å²) in [5.74, 6) is -0.417. The molecule has 0 radical (unpaired) electrons. The lowest BCUT2D eigenvalue weighted by Gasteiger charge is -2.41. The van der Waals surface area contributed by atoms with E-state index in [0.717, 1.165) is 38.8 Å². The fraction of sp³-hybridized carbons (Fsp3) is 0.438. The smallest absolute Gasteiger partial charge is 0.356 e. The minimum absolute atomic E-state index is 0.0782. The number of pyridine rings is 1. The minimum Gasteiger partial charge on any atom is -0.476 e. The molecular formula is C16H17ClN4O2. The Kier molecular flexibility index (Phi) is 3.30. The van der Waals surface area contributed by atoms with E-state index in [1.165, 1.54) is 11.3 Å². The van der Waals surface area contributed by atoms with Crippen LogP contribution in [0.5, 0.6) is 0 Å². The maximum absolute atomic E-state index is 11.3. The summed E-state index contributed by atoms with van der Waals surface area (Å²) in [6, 6.07) is 3.42. The van der Waals surface area contributed by atoms with Crippen LogP contribution in [0.3, 0.4) is 0 Å². The van der Waals surface area contributed by atoms with Crippen molar-refractivity contribution >= 4 is 23.4 Å². The molecule has 2 N–H and O–H groups in total. The number of H-pyrrole nitrogens is 1. The highest BCUT2D eigenvalue weighted by Gasteiger charge is 2.43. The predicted molar refractivity (Wildman–Crippen MR) is 86.2 cm³/mol. The van der Waals surface area contributed by atoms with Crippen molar-refractivity contribution < 1.29 is 9.90 Å². The molecule has 2 aromatic heterocycles. The lowest BCUT2D eigenvalue weighted by atomic mass is 9.77. The van der Waals surface area contributed by atoms with E-state index in [1.54, 1.807) is 12.1 Å². The highest BCUT2D eigenvalue weighted by atomic mass is 35.5. The number of nitrogens with one attached hydrogen (secondary N) is 1. The van der Waals surface area contributed by atoms with Gasteiger partial charge in [0.1, 0.15) is 5.82 Å². The van der Waals surface area contributed by atoms with Crippen molar-refractivity contribution in [1.82, 2.24) is 15.2 Å². The van der Waals surface area contributed by atoms with Gasteiger partial charge in [-0.05, 0) is 43.4 Å².